The van der Waals surface area contributed by atoms with Crippen molar-refractivity contribution in [1.82, 2.24) is 5.16 Å². The van der Waals surface area contributed by atoms with Gasteiger partial charge in [0, 0.05) is 0 Å². The van der Waals surface area contributed by atoms with E-state index in [1.165, 1.54) is 11.3 Å². The molecule has 2 rings (SSSR count). The highest BCUT2D eigenvalue weighted by Gasteiger charge is 2.27. The van der Waals surface area contributed by atoms with Crippen molar-refractivity contribution in [2.24, 2.45) is 0 Å². The summed E-state index contributed by atoms with van der Waals surface area (Å²) in [5.74, 6) is -0.424. The molecule has 15 heavy (non-hydrogen) atoms. The molecule has 0 bridgehead atoms. The number of carbonyl (C=O) groups is 1. The molecule has 2 aromatic heterocycles. The van der Waals surface area contributed by atoms with E-state index in [1.54, 1.807) is 17.5 Å². The van der Waals surface area contributed by atoms with Crippen LogP contribution in [-0.4, -0.2) is 16.0 Å². The number of aromatic nitrogens is 2. The standard InChI is InChI=1S/C8H6N2O4S/c11-4-5-7(9-14-10(5)13)8(12)6-2-1-3-15-6/h1-3,11H,4H2. The number of hydrogen-bond acceptors (Lipinski definition) is 6. The van der Waals surface area contributed by atoms with Crippen LogP contribution in [0.3, 0.4) is 0 Å². The third-order valence-electron chi connectivity index (χ3n) is 1.81. The number of aliphatic hydroxyl groups excluding tert-OH is 1. The Bertz CT molecular complexity index is 477. The fraction of sp³-hybridized carbons (Fsp3) is 0.125. The Hall–Kier alpha value is -1.73. The average molecular weight is 226 g/mol. The zero-order valence-corrected chi connectivity index (χ0v) is 8.23. The van der Waals surface area contributed by atoms with Crippen LogP contribution in [0.1, 0.15) is 21.1 Å². The molecule has 0 saturated carbocycles. The predicted molar refractivity (Wildman–Crippen MR) is 49.1 cm³/mol. The van der Waals surface area contributed by atoms with Gasteiger partial charge in [0.1, 0.15) is 6.61 Å². The summed E-state index contributed by atoms with van der Waals surface area (Å²) in [5, 5.41) is 24.8. The minimum absolute atomic E-state index is 0.0286. The van der Waals surface area contributed by atoms with Crippen molar-refractivity contribution in [2.75, 3.05) is 0 Å². The first-order valence-electron chi connectivity index (χ1n) is 4.01. The van der Waals surface area contributed by atoms with E-state index in [0.29, 0.717) is 4.88 Å². The number of rotatable bonds is 3. The smallest absolute Gasteiger partial charge is 0.295 e. The first-order valence-corrected chi connectivity index (χ1v) is 4.89. The van der Waals surface area contributed by atoms with E-state index >= 15 is 0 Å². The second kappa shape index (κ2) is 3.79. The summed E-state index contributed by atoms with van der Waals surface area (Å²) in [4.78, 5) is 12.2. The van der Waals surface area contributed by atoms with Crippen molar-refractivity contribution in [3.63, 3.8) is 0 Å². The molecule has 0 aromatic carbocycles. The third kappa shape index (κ3) is 1.62. The number of thiophene rings is 1. The Morgan fingerprint density at radius 2 is 2.53 bits per heavy atom. The van der Waals surface area contributed by atoms with Gasteiger partial charge < -0.3 is 10.3 Å². The fourth-order valence-electron chi connectivity index (χ4n) is 1.10. The first kappa shape index (κ1) is 9.81. The van der Waals surface area contributed by atoms with Gasteiger partial charge in [-0.3, -0.25) is 9.42 Å². The van der Waals surface area contributed by atoms with Crippen LogP contribution in [0.2, 0.25) is 0 Å². The summed E-state index contributed by atoms with van der Waals surface area (Å²) in [6, 6.07) is 3.32. The molecule has 1 N–H and O–H groups in total. The molecule has 0 aliphatic rings. The van der Waals surface area contributed by atoms with Crippen molar-refractivity contribution < 1.29 is 19.4 Å². The summed E-state index contributed by atoms with van der Waals surface area (Å²) in [5.41, 5.74) is -0.316. The second-order valence-electron chi connectivity index (χ2n) is 2.69. The predicted octanol–water partition coefficient (Wildman–Crippen LogP) is 0.0928. The van der Waals surface area contributed by atoms with E-state index in [0.717, 1.165) is 0 Å². The van der Waals surface area contributed by atoms with E-state index in [9.17, 15) is 10.0 Å². The van der Waals surface area contributed by atoms with E-state index in [4.69, 9.17) is 5.11 Å². The summed E-state index contributed by atoms with van der Waals surface area (Å²) in [6.45, 7) is -0.584. The van der Waals surface area contributed by atoms with Crippen LogP contribution in [0.5, 0.6) is 0 Å². The van der Waals surface area contributed by atoms with Gasteiger partial charge in [0.2, 0.25) is 5.69 Å². The van der Waals surface area contributed by atoms with Gasteiger partial charge in [-0.1, -0.05) is 6.07 Å². The number of nitrogens with zero attached hydrogens (tertiary/aromatic N) is 2. The number of ketones is 1. The SMILES string of the molecule is O=C(c1cccs1)c1no[n+]([O-])c1CO. The molecule has 0 aliphatic carbocycles. The van der Waals surface area contributed by atoms with Gasteiger partial charge in [0.25, 0.3) is 11.5 Å². The quantitative estimate of drug-likeness (QED) is 0.591. The van der Waals surface area contributed by atoms with Gasteiger partial charge in [0.05, 0.1) is 10.0 Å². The van der Waals surface area contributed by atoms with Gasteiger partial charge in [-0.25, -0.2) is 0 Å². The van der Waals surface area contributed by atoms with Gasteiger partial charge >= 0.3 is 0 Å². The molecule has 0 atom stereocenters. The lowest BCUT2D eigenvalue weighted by Gasteiger charge is -1.91. The monoisotopic (exact) mass is 226 g/mol. The average Bonchev–Trinajstić information content (AvgIpc) is 2.85. The maximum atomic E-state index is 11.7. The maximum Gasteiger partial charge on any atom is 0.295 e. The van der Waals surface area contributed by atoms with Gasteiger partial charge in [0.15, 0.2) is 0 Å². The normalized spacial score (nSPS) is 10.5. The largest absolute Gasteiger partial charge is 0.388 e. The van der Waals surface area contributed by atoms with Gasteiger partial charge in [-0.2, -0.15) is 0 Å². The molecule has 0 saturated heterocycles. The van der Waals surface area contributed by atoms with Crippen LogP contribution in [0, 0.1) is 5.21 Å². The summed E-state index contributed by atoms with van der Waals surface area (Å²) < 4.78 is 4.24. The second-order valence-corrected chi connectivity index (χ2v) is 3.64. The first-order chi connectivity index (χ1) is 7.24. The lowest BCUT2D eigenvalue weighted by atomic mass is 10.2. The molecule has 2 heterocycles. The van der Waals surface area contributed by atoms with Gasteiger partial charge in [-0.05, 0) is 16.3 Å². The molecular weight excluding hydrogens is 220 g/mol. The summed E-state index contributed by atoms with van der Waals surface area (Å²) in [6.07, 6.45) is 0. The molecule has 6 nitrogen and oxygen atoms in total. The fourth-order valence-corrected chi connectivity index (χ4v) is 1.76. The van der Waals surface area contributed by atoms with Gasteiger partial charge in [-0.15, -0.1) is 11.3 Å². The van der Waals surface area contributed by atoms with E-state index in [-0.39, 0.29) is 16.3 Å². The van der Waals surface area contributed by atoms with Crippen LogP contribution in [0.25, 0.3) is 0 Å². The van der Waals surface area contributed by atoms with Crippen LogP contribution in [0.4, 0.5) is 0 Å². The highest BCUT2D eigenvalue weighted by molar-refractivity contribution is 7.12. The van der Waals surface area contributed by atoms with Crippen molar-refractivity contribution in [3.05, 3.63) is 39.0 Å². The zero-order valence-electron chi connectivity index (χ0n) is 7.41. The molecule has 0 fully saturated rings. The molecule has 78 valence electrons. The highest BCUT2D eigenvalue weighted by atomic mass is 32.1. The topological polar surface area (TPSA) is 90.3 Å². The van der Waals surface area contributed by atoms with Crippen LogP contribution >= 0.6 is 11.3 Å². The molecule has 0 spiro atoms. The lowest BCUT2D eigenvalue weighted by molar-refractivity contribution is -0.809. The van der Waals surface area contributed by atoms with Crippen molar-refractivity contribution >= 4 is 17.1 Å². The molecule has 7 heteroatoms. The number of carbonyl (C=O) groups excluding carboxylic acids is 1. The molecule has 0 unspecified atom stereocenters. The molecule has 0 radical (unpaired) electrons. The van der Waals surface area contributed by atoms with Crippen molar-refractivity contribution in [2.45, 2.75) is 6.61 Å². The minimum atomic E-state index is -0.584. The zero-order chi connectivity index (χ0) is 10.8. The van der Waals surface area contributed by atoms with E-state index in [2.05, 4.69) is 9.79 Å². The Balaban J connectivity index is 2.42. The Kier molecular flexibility index (Phi) is 2.48. The summed E-state index contributed by atoms with van der Waals surface area (Å²) >= 11 is 1.23. The third-order valence-corrected chi connectivity index (χ3v) is 2.68. The van der Waals surface area contributed by atoms with E-state index in [1.807, 2.05) is 0 Å². The Morgan fingerprint density at radius 3 is 3.13 bits per heavy atom. The maximum absolute atomic E-state index is 11.7. The summed E-state index contributed by atoms with van der Waals surface area (Å²) in [7, 11) is 0. The number of hydrogen-bond donors (Lipinski definition) is 1. The molecular formula is C8H6N2O4S. The number of aliphatic hydroxyl groups is 1. The lowest BCUT2D eigenvalue weighted by Crippen LogP contribution is -2.29. The van der Waals surface area contributed by atoms with Crippen molar-refractivity contribution in [3.8, 4) is 0 Å². The molecule has 0 amide bonds. The Labute approximate surface area is 87.9 Å². The minimum Gasteiger partial charge on any atom is -0.388 e. The van der Waals surface area contributed by atoms with E-state index < -0.39 is 12.4 Å². The van der Waals surface area contributed by atoms with Crippen LogP contribution < -0.4 is 4.90 Å². The highest BCUT2D eigenvalue weighted by Crippen LogP contribution is 2.15. The molecule has 0 aliphatic heterocycles. The van der Waals surface area contributed by atoms with Crippen LogP contribution in [-0.2, 0) is 6.61 Å². The van der Waals surface area contributed by atoms with Crippen LogP contribution in [0.15, 0.2) is 22.1 Å². The Morgan fingerprint density at radius 1 is 1.73 bits per heavy atom. The molecule has 2 aromatic rings. The van der Waals surface area contributed by atoms with Crippen molar-refractivity contribution in [1.29, 1.82) is 0 Å².